The molecule has 0 aliphatic carbocycles. The smallest absolute Gasteiger partial charge is 0.343 e. The van der Waals surface area contributed by atoms with E-state index in [1.807, 2.05) is 0 Å². The van der Waals surface area contributed by atoms with Crippen LogP contribution >= 0.6 is 0 Å². The Morgan fingerprint density at radius 2 is 0.676 bits per heavy atom. The summed E-state index contributed by atoms with van der Waals surface area (Å²) in [6.07, 6.45) is 25.4. The summed E-state index contributed by atoms with van der Waals surface area (Å²) in [5, 5.41) is 2.79. The monoisotopic (exact) mass is 926 g/mol. The molecule has 0 aliphatic heterocycles. The van der Waals surface area contributed by atoms with Crippen molar-refractivity contribution in [1.82, 2.24) is 0 Å². The third-order valence-corrected chi connectivity index (χ3v) is 11.6. The van der Waals surface area contributed by atoms with Crippen molar-refractivity contribution in [2.45, 2.75) is 142 Å². The number of nitrogens with one attached hydrogen (secondary N) is 1. The lowest BCUT2D eigenvalue weighted by Gasteiger charge is -2.10. The standard InChI is InChI=1S/C58H71NO9/c1-3-5-7-9-11-13-15-17-19-21-42-64-50-34-38-53(39-35-50)66-56(61)45-26-30-49(31-27-45)59-55(60)47-24-23-25-48(44-47)58(63)68-52-32-28-46(29-33-52)57(62)67-54-40-36-51(37-41-54)65-43-22-20-18-16-14-12-10-8-6-4-2/h23-41,44H,3-22,42-43H2,1-2H3,(H,59,60). The topological polar surface area (TPSA) is 126 Å². The van der Waals surface area contributed by atoms with Gasteiger partial charge in [-0.1, -0.05) is 135 Å². The molecule has 10 heteroatoms. The first kappa shape index (κ1) is 52.5. The van der Waals surface area contributed by atoms with E-state index < -0.39 is 23.8 Å². The number of hydrogen-bond donors (Lipinski definition) is 1. The molecule has 0 saturated heterocycles. The summed E-state index contributed by atoms with van der Waals surface area (Å²) in [7, 11) is 0. The molecule has 1 N–H and O–H groups in total. The van der Waals surface area contributed by atoms with Crippen molar-refractivity contribution < 1.29 is 42.9 Å². The van der Waals surface area contributed by atoms with E-state index in [2.05, 4.69) is 19.2 Å². The highest BCUT2D eigenvalue weighted by molar-refractivity contribution is 6.06. The molecule has 0 atom stereocenters. The molecule has 0 saturated carbocycles. The fourth-order valence-electron chi connectivity index (χ4n) is 7.60. The third kappa shape index (κ3) is 19.8. The van der Waals surface area contributed by atoms with Crippen molar-refractivity contribution in [2.24, 2.45) is 0 Å². The van der Waals surface area contributed by atoms with Crippen LogP contribution in [0.3, 0.4) is 0 Å². The largest absolute Gasteiger partial charge is 0.494 e. The van der Waals surface area contributed by atoms with Gasteiger partial charge in [-0.05, 0) is 128 Å². The van der Waals surface area contributed by atoms with Gasteiger partial charge in [-0.3, -0.25) is 4.79 Å². The van der Waals surface area contributed by atoms with Gasteiger partial charge in [0.1, 0.15) is 28.7 Å². The molecule has 0 spiro atoms. The van der Waals surface area contributed by atoms with Gasteiger partial charge in [-0.15, -0.1) is 0 Å². The average molecular weight is 926 g/mol. The maximum absolute atomic E-state index is 13.2. The summed E-state index contributed by atoms with van der Waals surface area (Å²) in [5.74, 6) is 0.210. The van der Waals surface area contributed by atoms with Crippen LogP contribution in [0.2, 0.25) is 0 Å². The van der Waals surface area contributed by atoms with Gasteiger partial charge in [-0.25, -0.2) is 14.4 Å². The van der Waals surface area contributed by atoms with Crippen molar-refractivity contribution in [2.75, 3.05) is 18.5 Å². The highest BCUT2D eigenvalue weighted by atomic mass is 16.5. The van der Waals surface area contributed by atoms with Crippen LogP contribution in [0.25, 0.3) is 0 Å². The lowest BCUT2D eigenvalue weighted by atomic mass is 10.1. The van der Waals surface area contributed by atoms with E-state index in [1.54, 1.807) is 91.0 Å². The third-order valence-electron chi connectivity index (χ3n) is 11.6. The zero-order valence-electron chi connectivity index (χ0n) is 40.3. The number of carbonyl (C=O) groups excluding carboxylic acids is 4. The van der Waals surface area contributed by atoms with E-state index in [9.17, 15) is 19.2 Å². The Balaban J connectivity index is 0.976. The van der Waals surface area contributed by atoms with E-state index in [0.717, 1.165) is 37.2 Å². The lowest BCUT2D eigenvalue weighted by Crippen LogP contribution is -2.15. The van der Waals surface area contributed by atoms with Crippen LogP contribution in [0.4, 0.5) is 5.69 Å². The molecule has 1 amide bonds. The van der Waals surface area contributed by atoms with Gasteiger partial charge in [0.25, 0.3) is 5.91 Å². The van der Waals surface area contributed by atoms with E-state index in [0.29, 0.717) is 36.0 Å². The minimum absolute atomic E-state index is 0.156. The Morgan fingerprint density at radius 3 is 1.09 bits per heavy atom. The van der Waals surface area contributed by atoms with Crippen LogP contribution in [-0.4, -0.2) is 37.0 Å². The normalized spacial score (nSPS) is 10.9. The van der Waals surface area contributed by atoms with Crippen molar-refractivity contribution in [1.29, 1.82) is 0 Å². The van der Waals surface area contributed by atoms with E-state index in [-0.39, 0.29) is 22.4 Å². The minimum Gasteiger partial charge on any atom is -0.494 e. The fraction of sp³-hybridized carbons (Fsp3) is 0.414. The molecule has 0 bridgehead atoms. The molecular weight excluding hydrogens is 855 g/mol. The number of hydrogen-bond acceptors (Lipinski definition) is 9. The van der Waals surface area contributed by atoms with Crippen molar-refractivity contribution in [3.8, 4) is 28.7 Å². The second-order valence-corrected chi connectivity index (χ2v) is 17.3. The summed E-state index contributed by atoms with van der Waals surface area (Å²) < 4.78 is 28.4. The number of rotatable bonds is 32. The van der Waals surface area contributed by atoms with E-state index in [4.69, 9.17) is 23.7 Å². The molecule has 0 fully saturated rings. The Kier molecular flexibility index (Phi) is 23.8. The molecule has 5 rings (SSSR count). The molecule has 0 unspecified atom stereocenters. The van der Waals surface area contributed by atoms with Crippen LogP contribution in [-0.2, 0) is 0 Å². The molecule has 5 aromatic carbocycles. The number of unbranched alkanes of at least 4 members (excludes halogenated alkanes) is 18. The number of anilines is 1. The molecular formula is C58H71NO9. The summed E-state index contributed by atoms with van der Waals surface area (Å²) >= 11 is 0. The van der Waals surface area contributed by atoms with Crippen molar-refractivity contribution in [3.05, 3.63) is 144 Å². The summed E-state index contributed by atoms with van der Waals surface area (Å²) in [5.41, 5.74) is 1.42. The van der Waals surface area contributed by atoms with Crippen LogP contribution in [0.5, 0.6) is 28.7 Å². The summed E-state index contributed by atoms with van der Waals surface area (Å²) in [6.45, 7) is 5.80. The predicted octanol–water partition coefficient (Wildman–Crippen LogP) is 15.2. The van der Waals surface area contributed by atoms with Gasteiger partial charge < -0.3 is 29.0 Å². The lowest BCUT2D eigenvalue weighted by molar-refractivity contribution is 0.0723. The first-order valence-electron chi connectivity index (χ1n) is 25.0. The van der Waals surface area contributed by atoms with Gasteiger partial charge in [0.15, 0.2) is 0 Å². The molecule has 0 aromatic heterocycles. The average Bonchev–Trinajstić information content (AvgIpc) is 3.36. The molecule has 10 nitrogen and oxygen atoms in total. The van der Waals surface area contributed by atoms with Crippen molar-refractivity contribution in [3.63, 3.8) is 0 Å². The quantitative estimate of drug-likeness (QED) is 0.0255. The zero-order valence-corrected chi connectivity index (χ0v) is 40.3. The van der Waals surface area contributed by atoms with Gasteiger partial charge >= 0.3 is 17.9 Å². The fourth-order valence-corrected chi connectivity index (χ4v) is 7.60. The van der Waals surface area contributed by atoms with E-state index >= 15 is 0 Å². The Bertz CT molecular complexity index is 2080. The number of benzene rings is 5. The molecule has 5 aromatic rings. The molecule has 0 radical (unpaired) electrons. The first-order chi connectivity index (χ1) is 33.3. The van der Waals surface area contributed by atoms with Gasteiger partial charge in [0.05, 0.1) is 29.9 Å². The Labute approximate surface area is 404 Å². The van der Waals surface area contributed by atoms with Gasteiger partial charge in [0.2, 0.25) is 0 Å². The highest BCUT2D eigenvalue weighted by Gasteiger charge is 2.16. The first-order valence-corrected chi connectivity index (χ1v) is 25.0. The summed E-state index contributed by atoms with van der Waals surface area (Å²) in [6, 6.07) is 32.4. The van der Waals surface area contributed by atoms with Gasteiger partial charge in [-0.2, -0.15) is 0 Å². The highest BCUT2D eigenvalue weighted by Crippen LogP contribution is 2.23. The van der Waals surface area contributed by atoms with Gasteiger partial charge in [0, 0.05) is 11.3 Å². The number of amides is 1. The zero-order chi connectivity index (χ0) is 48.0. The maximum atomic E-state index is 13.2. The van der Waals surface area contributed by atoms with Crippen LogP contribution in [0, 0.1) is 0 Å². The number of esters is 3. The second kappa shape index (κ2) is 30.8. The maximum Gasteiger partial charge on any atom is 0.343 e. The molecule has 68 heavy (non-hydrogen) atoms. The van der Waals surface area contributed by atoms with Crippen molar-refractivity contribution >= 4 is 29.5 Å². The molecule has 362 valence electrons. The number of ether oxygens (including phenoxy) is 5. The second-order valence-electron chi connectivity index (χ2n) is 17.3. The van der Waals surface area contributed by atoms with Crippen LogP contribution in [0.1, 0.15) is 184 Å². The van der Waals surface area contributed by atoms with E-state index in [1.165, 1.54) is 133 Å². The summed E-state index contributed by atoms with van der Waals surface area (Å²) in [4.78, 5) is 51.9. The number of carbonyl (C=O) groups is 4. The Hall–Kier alpha value is -6.42. The minimum atomic E-state index is -0.681. The molecule has 0 aliphatic rings. The molecule has 0 heterocycles. The predicted molar refractivity (Wildman–Crippen MR) is 270 cm³/mol. The Morgan fingerprint density at radius 1 is 0.353 bits per heavy atom. The SMILES string of the molecule is CCCCCCCCCCCCOc1ccc(OC(=O)c2ccc(NC(=O)c3cccc(C(=O)Oc4ccc(C(=O)Oc5ccc(OCCCCCCCCCCCC)cc5)cc4)c3)cc2)cc1. The van der Waals surface area contributed by atoms with Crippen LogP contribution < -0.4 is 29.0 Å². The van der Waals surface area contributed by atoms with Crippen LogP contribution in [0.15, 0.2) is 121 Å².